The number of nitrogen functional groups attached to an aromatic ring is 1. The van der Waals surface area contributed by atoms with Crippen molar-refractivity contribution in [3.05, 3.63) is 65.2 Å². The van der Waals surface area contributed by atoms with Crippen molar-refractivity contribution >= 4 is 39.4 Å². The molecule has 0 unspecified atom stereocenters. The average Bonchev–Trinajstić information content (AvgIpc) is 3.00. The molecule has 0 aliphatic carbocycles. The third kappa shape index (κ3) is 9.22. The van der Waals surface area contributed by atoms with Gasteiger partial charge in [0.15, 0.2) is 5.75 Å². The monoisotopic (exact) mass is 649 g/mol. The number of piperidine rings is 1. The summed E-state index contributed by atoms with van der Waals surface area (Å²) in [4.78, 5) is 18.9. The third-order valence-electron chi connectivity index (χ3n) is 7.48. The van der Waals surface area contributed by atoms with Gasteiger partial charge in [-0.2, -0.15) is 13.2 Å². The molecule has 4 rings (SSSR count). The van der Waals surface area contributed by atoms with Crippen LogP contribution in [-0.2, 0) is 25.7 Å². The standard InChI is InChI=1S/C31H38F3N5O5S/c1-2-43-29(40)21-45(41,42)39(16-6-8-22-7-5-9-23(19-22)30(35)36)24-11-12-27(26(20-24)31(32,33)34)44-25-13-17-38(18-14-25)28-10-3-4-15-37-28/h5-9,11-12,19-20,25H,2-4,10,13-18,21H2,1H3,(H3,35,36). The van der Waals surface area contributed by atoms with E-state index in [9.17, 15) is 26.4 Å². The Morgan fingerprint density at radius 1 is 1.18 bits per heavy atom. The van der Waals surface area contributed by atoms with E-state index in [-0.39, 0.29) is 30.4 Å². The van der Waals surface area contributed by atoms with E-state index in [0.29, 0.717) is 37.1 Å². The van der Waals surface area contributed by atoms with E-state index in [0.717, 1.165) is 48.1 Å². The molecule has 0 amide bonds. The van der Waals surface area contributed by atoms with Crippen LogP contribution in [0, 0.1) is 5.41 Å². The van der Waals surface area contributed by atoms with Crippen molar-refractivity contribution in [3.63, 3.8) is 0 Å². The fourth-order valence-corrected chi connectivity index (χ4v) is 6.54. The molecule has 14 heteroatoms. The number of hydrogen-bond donors (Lipinski definition) is 2. The Labute approximate surface area is 261 Å². The van der Waals surface area contributed by atoms with Gasteiger partial charge in [0.2, 0.25) is 10.0 Å². The smallest absolute Gasteiger partial charge is 0.420 e. The number of carbonyl (C=O) groups excluding carboxylic acids is 1. The molecule has 0 radical (unpaired) electrons. The topological polar surface area (TPSA) is 138 Å². The summed E-state index contributed by atoms with van der Waals surface area (Å²) < 4.78 is 81.1. The first-order valence-corrected chi connectivity index (χ1v) is 16.4. The fourth-order valence-electron chi connectivity index (χ4n) is 5.25. The number of sulfonamides is 1. The van der Waals surface area contributed by atoms with Crippen molar-refractivity contribution in [2.45, 2.75) is 51.3 Å². The summed E-state index contributed by atoms with van der Waals surface area (Å²) >= 11 is 0. The molecule has 1 saturated heterocycles. The Morgan fingerprint density at radius 2 is 1.93 bits per heavy atom. The third-order valence-corrected chi connectivity index (χ3v) is 9.11. The van der Waals surface area contributed by atoms with Crippen LogP contribution in [0.5, 0.6) is 5.75 Å². The zero-order chi connectivity index (χ0) is 32.6. The normalized spacial score (nSPS) is 16.4. The largest absolute Gasteiger partial charge is 0.490 e. The zero-order valence-corrected chi connectivity index (χ0v) is 25.9. The lowest BCUT2D eigenvalue weighted by Crippen LogP contribution is -2.42. The van der Waals surface area contributed by atoms with Crippen LogP contribution < -0.4 is 14.8 Å². The molecule has 3 N–H and O–H groups in total. The van der Waals surface area contributed by atoms with E-state index < -0.39 is 39.6 Å². The van der Waals surface area contributed by atoms with Crippen LogP contribution in [0.4, 0.5) is 18.9 Å². The predicted octanol–water partition coefficient (Wildman–Crippen LogP) is 4.83. The number of benzene rings is 2. The number of hydrogen-bond acceptors (Lipinski definition) is 8. The number of alkyl halides is 3. The molecule has 0 saturated carbocycles. The van der Waals surface area contributed by atoms with Crippen LogP contribution in [0.1, 0.15) is 55.7 Å². The number of aliphatic imine (C=N–C) groups is 1. The summed E-state index contributed by atoms with van der Waals surface area (Å²) in [5.74, 6) is -1.58. The Kier molecular flexibility index (Phi) is 11.1. The maximum Gasteiger partial charge on any atom is 0.420 e. The van der Waals surface area contributed by atoms with Gasteiger partial charge in [0.25, 0.3) is 0 Å². The van der Waals surface area contributed by atoms with Crippen molar-refractivity contribution in [1.82, 2.24) is 4.90 Å². The lowest BCUT2D eigenvalue weighted by atomic mass is 10.0. The van der Waals surface area contributed by atoms with Crippen LogP contribution in [0.25, 0.3) is 6.08 Å². The first-order valence-electron chi connectivity index (χ1n) is 14.8. The van der Waals surface area contributed by atoms with E-state index in [1.54, 1.807) is 30.3 Å². The molecule has 2 heterocycles. The highest BCUT2D eigenvalue weighted by Crippen LogP contribution is 2.40. The first kappa shape index (κ1) is 33.8. The van der Waals surface area contributed by atoms with Crippen molar-refractivity contribution in [2.75, 3.05) is 42.8 Å². The molecule has 2 aliphatic heterocycles. The maximum atomic E-state index is 14.3. The van der Waals surface area contributed by atoms with Crippen molar-refractivity contribution in [1.29, 1.82) is 5.41 Å². The average molecular weight is 650 g/mol. The summed E-state index contributed by atoms with van der Waals surface area (Å²) in [7, 11) is -4.46. The number of anilines is 1. The minimum Gasteiger partial charge on any atom is -0.490 e. The first-order chi connectivity index (χ1) is 21.4. The molecular formula is C31H38F3N5O5S. The van der Waals surface area contributed by atoms with Gasteiger partial charge in [-0.15, -0.1) is 0 Å². The van der Waals surface area contributed by atoms with Gasteiger partial charge < -0.3 is 20.1 Å². The molecule has 2 aliphatic rings. The maximum absolute atomic E-state index is 14.3. The molecular weight excluding hydrogens is 611 g/mol. The number of nitrogens with zero attached hydrogens (tertiary/aromatic N) is 3. The van der Waals surface area contributed by atoms with Gasteiger partial charge in [-0.3, -0.25) is 19.5 Å². The minimum absolute atomic E-state index is 0.0575. The van der Waals surface area contributed by atoms with Crippen LogP contribution >= 0.6 is 0 Å². The molecule has 2 aromatic carbocycles. The van der Waals surface area contributed by atoms with Gasteiger partial charge in [0.1, 0.15) is 17.7 Å². The van der Waals surface area contributed by atoms with Gasteiger partial charge in [0, 0.05) is 44.5 Å². The number of likely N-dealkylation sites (tertiary alicyclic amines) is 1. The molecule has 1 fully saturated rings. The van der Waals surface area contributed by atoms with E-state index in [2.05, 4.69) is 9.89 Å². The number of nitrogens with two attached hydrogens (primary N) is 1. The Bertz CT molecular complexity index is 1540. The second kappa shape index (κ2) is 14.8. The molecule has 2 aromatic rings. The summed E-state index contributed by atoms with van der Waals surface area (Å²) in [5.41, 5.74) is 5.17. The zero-order valence-electron chi connectivity index (χ0n) is 25.1. The Hall–Kier alpha value is -4.07. The Morgan fingerprint density at radius 3 is 2.58 bits per heavy atom. The number of halogens is 3. The van der Waals surface area contributed by atoms with Gasteiger partial charge in [-0.05, 0) is 49.6 Å². The second-order valence-corrected chi connectivity index (χ2v) is 12.7. The molecule has 45 heavy (non-hydrogen) atoms. The summed E-state index contributed by atoms with van der Waals surface area (Å²) in [6.45, 7) is 3.13. The molecule has 10 nitrogen and oxygen atoms in total. The predicted molar refractivity (Wildman–Crippen MR) is 167 cm³/mol. The second-order valence-electron chi connectivity index (χ2n) is 10.8. The van der Waals surface area contributed by atoms with E-state index >= 15 is 0 Å². The highest BCUT2D eigenvalue weighted by molar-refractivity contribution is 7.93. The molecule has 0 atom stereocenters. The van der Waals surface area contributed by atoms with Gasteiger partial charge in [-0.1, -0.05) is 30.4 Å². The number of esters is 1. The van der Waals surface area contributed by atoms with Crippen molar-refractivity contribution in [3.8, 4) is 5.75 Å². The SMILES string of the molecule is CCOC(=O)CS(=O)(=O)N(CC=Cc1cccc(C(=N)N)c1)c1ccc(OC2CCN(C3=NCCCC3)CC2)c(C(F)(F)F)c1. The summed E-state index contributed by atoms with van der Waals surface area (Å²) in [5, 5.41) is 7.60. The van der Waals surface area contributed by atoms with Crippen LogP contribution in [0.15, 0.2) is 53.5 Å². The van der Waals surface area contributed by atoms with Crippen molar-refractivity contribution < 1.29 is 35.9 Å². The summed E-state index contributed by atoms with van der Waals surface area (Å²) in [6.07, 6.45) is 1.77. The van der Waals surface area contributed by atoms with E-state index in [4.69, 9.17) is 20.6 Å². The van der Waals surface area contributed by atoms with Crippen LogP contribution in [-0.4, -0.2) is 75.6 Å². The number of rotatable bonds is 11. The minimum atomic E-state index is -4.84. The van der Waals surface area contributed by atoms with Gasteiger partial charge >= 0.3 is 12.1 Å². The lowest BCUT2D eigenvalue weighted by Gasteiger charge is -2.35. The number of carbonyl (C=O) groups is 1. The number of ether oxygens (including phenoxy) is 2. The van der Waals surface area contributed by atoms with E-state index in [1.807, 2.05) is 0 Å². The summed E-state index contributed by atoms with van der Waals surface area (Å²) in [6, 6.07) is 9.69. The number of amidine groups is 2. The number of nitrogens with one attached hydrogen (secondary N) is 1. The molecule has 0 bridgehead atoms. The highest BCUT2D eigenvalue weighted by Gasteiger charge is 2.37. The quantitative estimate of drug-likeness (QED) is 0.202. The van der Waals surface area contributed by atoms with Gasteiger partial charge in [-0.25, -0.2) is 8.42 Å². The van der Waals surface area contributed by atoms with Gasteiger partial charge in [0.05, 0.1) is 30.2 Å². The Balaban J connectivity index is 1.59. The highest BCUT2D eigenvalue weighted by atomic mass is 32.2. The molecule has 244 valence electrons. The molecule has 0 spiro atoms. The lowest BCUT2D eigenvalue weighted by molar-refractivity contribution is -0.140. The van der Waals surface area contributed by atoms with Crippen molar-refractivity contribution in [2.24, 2.45) is 10.7 Å². The fraction of sp³-hybridized carbons (Fsp3) is 0.452. The van der Waals surface area contributed by atoms with E-state index in [1.165, 1.54) is 19.1 Å². The van der Waals surface area contributed by atoms with Crippen LogP contribution in [0.3, 0.4) is 0 Å². The van der Waals surface area contributed by atoms with Crippen LogP contribution in [0.2, 0.25) is 0 Å². The molecule has 0 aromatic heterocycles.